The number of aliphatic hydroxyl groups excluding tert-OH is 1. The molecule has 1 N–H and O–H groups in total. The second kappa shape index (κ2) is 4.78. The average molecular weight is 348 g/mol. The maximum absolute atomic E-state index is 10.1. The summed E-state index contributed by atoms with van der Waals surface area (Å²) in [5.41, 5.74) is 0.904. The molecule has 2 aromatic rings. The SMILES string of the molecule is OC(c1ccc(Br)cc1)c1sccc1Br. The molecule has 0 aliphatic rings. The Morgan fingerprint density at radius 3 is 2.27 bits per heavy atom. The van der Waals surface area contributed by atoms with Gasteiger partial charge in [-0.1, -0.05) is 28.1 Å². The van der Waals surface area contributed by atoms with Gasteiger partial charge in [-0.15, -0.1) is 11.3 Å². The first kappa shape index (κ1) is 11.3. The first-order valence-corrected chi connectivity index (χ1v) is 6.81. The average Bonchev–Trinajstić information content (AvgIpc) is 2.65. The van der Waals surface area contributed by atoms with Gasteiger partial charge < -0.3 is 5.11 Å². The molecule has 0 saturated heterocycles. The topological polar surface area (TPSA) is 20.2 Å². The molecule has 2 rings (SSSR count). The number of rotatable bonds is 2. The standard InChI is InChI=1S/C11H8Br2OS/c12-8-3-1-7(2-4-8)10(14)11-9(13)5-6-15-11/h1-6,10,14H. The summed E-state index contributed by atoms with van der Waals surface area (Å²) in [5.74, 6) is 0. The molecule has 1 atom stereocenters. The number of thiophene rings is 1. The Kier molecular flexibility index (Phi) is 3.61. The van der Waals surface area contributed by atoms with Crippen LogP contribution in [0.2, 0.25) is 0 Å². The number of benzene rings is 1. The molecule has 1 heterocycles. The third kappa shape index (κ3) is 2.50. The van der Waals surface area contributed by atoms with Crippen LogP contribution in [0.1, 0.15) is 16.5 Å². The smallest absolute Gasteiger partial charge is 0.114 e. The fraction of sp³-hybridized carbons (Fsp3) is 0.0909. The molecular formula is C11H8Br2OS. The van der Waals surface area contributed by atoms with Crippen LogP contribution in [-0.2, 0) is 0 Å². The van der Waals surface area contributed by atoms with Crippen LogP contribution in [-0.4, -0.2) is 5.11 Å². The van der Waals surface area contributed by atoms with Gasteiger partial charge in [-0.3, -0.25) is 0 Å². The van der Waals surface area contributed by atoms with Crippen LogP contribution in [0.15, 0.2) is 44.7 Å². The Bertz CT molecular complexity index is 450. The summed E-state index contributed by atoms with van der Waals surface area (Å²) in [5, 5.41) is 12.1. The van der Waals surface area contributed by atoms with E-state index in [1.807, 2.05) is 35.7 Å². The Morgan fingerprint density at radius 1 is 1.07 bits per heavy atom. The zero-order valence-electron chi connectivity index (χ0n) is 7.65. The van der Waals surface area contributed by atoms with Crippen molar-refractivity contribution in [3.63, 3.8) is 0 Å². The van der Waals surface area contributed by atoms with Gasteiger partial charge in [0.25, 0.3) is 0 Å². The Hall–Kier alpha value is -0.160. The second-order valence-electron chi connectivity index (χ2n) is 3.09. The van der Waals surface area contributed by atoms with Gasteiger partial charge in [0.15, 0.2) is 0 Å². The molecule has 1 aromatic carbocycles. The Balaban J connectivity index is 2.32. The van der Waals surface area contributed by atoms with Crippen molar-refractivity contribution in [1.82, 2.24) is 0 Å². The molecule has 1 nitrogen and oxygen atoms in total. The molecule has 0 saturated carbocycles. The number of hydrogen-bond acceptors (Lipinski definition) is 2. The van der Waals surface area contributed by atoms with Crippen molar-refractivity contribution >= 4 is 43.2 Å². The number of hydrogen-bond donors (Lipinski definition) is 1. The highest BCUT2D eigenvalue weighted by Crippen LogP contribution is 2.33. The minimum absolute atomic E-state index is 0.549. The summed E-state index contributed by atoms with van der Waals surface area (Å²) in [6.07, 6.45) is -0.549. The zero-order valence-corrected chi connectivity index (χ0v) is 11.6. The number of halogens is 2. The molecular weight excluding hydrogens is 340 g/mol. The van der Waals surface area contributed by atoms with Crippen molar-refractivity contribution in [2.45, 2.75) is 6.10 Å². The van der Waals surface area contributed by atoms with Crippen LogP contribution in [0.5, 0.6) is 0 Å². The minimum atomic E-state index is -0.549. The maximum atomic E-state index is 10.1. The van der Waals surface area contributed by atoms with Gasteiger partial charge in [0.2, 0.25) is 0 Å². The lowest BCUT2D eigenvalue weighted by Crippen LogP contribution is -1.97. The maximum Gasteiger partial charge on any atom is 0.114 e. The fourth-order valence-corrected chi connectivity index (χ4v) is 3.16. The van der Waals surface area contributed by atoms with Crippen molar-refractivity contribution in [3.05, 3.63) is 55.1 Å². The van der Waals surface area contributed by atoms with E-state index in [2.05, 4.69) is 31.9 Å². The number of aliphatic hydroxyl groups is 1. The van der Waals surface area contributed by atoms with Gasteiger partial charge in [-0.05, 0) is 45.1 Å². The third-order valence-corrected chi connectivity index (χ3v) is 4.53. The molecule has 0 aliphatic heterocycles. The van der Waals surface area contributed by atoms with Crippen LogP contribution >= 0.6 is 43.2 Å². The van der Waals surface area contributed by atoms with E-state index in [1.54, 1.807) is 11.3 Å². The van der Waals surface area contributed by atoms with Gasteiger partial charge in [0.1, 0.15) is 6.10 Å². The van der Waals surface area contributed by atoms with Gasteiger partial charge in [-0.25, -0.2) is 0 Å². The highest BCUT2D eigenvalue weighted by atomic mass is 79.9. The molecule has 1 aromatic heterocycles. The molecule has 0 bridgehead atoms. The largest absolute Gasteiger partial charge is 0.383 e. The molecule has 0 amide bonds. The molecule has 0 aliphatic carbocycles. The van der Waals surface area contributed by atoms with E-state index in [0.29, 0.717) is 0 Å². The molecule has 0 spiro atoms. The van der Waals surface area contributed by atoms with E-state index in [1.165, 1.54) is 0 Å². The summed E-state index contributed by atoms with van der Waals surface area (Å²) in [6, 6.07) is 9.64. The zero-order chi connectivity index (χ0) is 10.8. The van der Waals surface area contributed by atoms with Gasteiger partial charge in [-0.2, -0.15) is 0 Å². The van der Waals surface area contributed by atoms with Crippen molar-refractivity contribution in [2.75, 3.05) is 0 Å². The first-order chi connectivity index (χ1) is 7.18. The van der Waals surface area contributed by atoms with Crippen molar-refractivity contribution in [1.29, 1.82) is 0 Å². The Labute approximate surface area is 109 Å². The fourth-order valence-electron chi connectivity index (χ4n) is 1.30. The van der Waals surface area contributed by atoms with Gasteiger partial charge >= 0.3 is 0 Å². The normalized spacial score (nSPS) is 12.7. The lowest BCUT2D eigenvalue weighted by atomic mass is 10.1. The van der Waals surface area contributed by atoms with E-state index in [9.17, 15) is 5.11 Å². The van der Waals surface area contributed by atoms with E-state index in [0.717, 1.165) is 19.4 Å². The van der Waals surface area contributed by atoms with Crippen LogP contribution in [0, 0.1) is 0 Å². The van der Waals surface area contributed by atoms with Crippen LogP contribution < -0.4 is 0 Å². The lowest BCUT2D eigenvalue weighted by Gasteiger charge is -2.09. The van der Waals surface area contributed by atoms with E-state index >= 15 is 0 Å². The van der Waals surface area contributed by atoms with Crippen LogP contribution in [0.3, 0.4) is 0 Å². The third-order valence-electron chi connectivity index (χ3n) is 2.08. The molecule has 1 unspecified atom stereocenters. The summed E-state index contributed by atoms with van der Waals surface area (Å²) in [4.78, 5) is 0.942. The monoisotopic (exact) mass is 346 g/mol. The highest BCUT2D eigenvalue weighted by Gasteiger charge is 2.14. The second-order valence-corrected chi connectivity index (χ2v) is 5.80. The molecule has 15 heavy (non-hydrogen) atoms. The summed E-state index contributed by atoms with van der Waals surface area (Å²) in [6.45, 7) is 0. The Morgan fingerprint density at radius 2 is 1.73 bits per heavy atom. The van der Waals surface area contributed by atoms with Crippen molar-refractivity contribution in [3.8, 4) is 0 Å². The highest BCUT2D eigenvalue weighted by molar-refractivity contribution is 9.10. The molecule has 4 heteroatoms. The van der Waals surface area contributed by atoms with E-state index in [-0.39, 0.29) is 0 Å². The van der Waals surface area contributed by atoms with Crippen LogP contribution in [0.4, 0.5) is 0 Å². The molecule has 0 fully saturated rings. The molecule has 78 valence electrons. The van der Waals surface area contributed by atoms with Gasteiger partial charge in [0.05, 0.1) is 4.88 Å². The minimum Gasteiger partial charge on any atom is -0.383 e. The van der Waals surface area contributed by atoms with E-state index < -0.39 is 6.10 Å². The first-order valence-electron chi connectivity index (χ1n) is 4.35. The molecule has 0 radical (unpaired) electrons. The predicted molar refractivity (Wildman–Crippen MR) is 70.2 cm³/mol. The summed E-state index contributed by atoms with van der Waals surface area (Å²) in [7, 11) is 0. The van der Waals surface area contributed by atoms with Crippen molar-refractivity contribution < 1.29 is 5.11 Å². The summed E-state index contributed by atoms with van der Waals surface area (Å²) >= 11 is 8.34. The quantitative estimate of drug-likeness (QED) is 0.855. The van der Waals surface area contributed by atoms with Gasteiger partial charge in [0, 0.05) is 8.95 Å². The summed E-state index contributed by atoms with van der Waals surface area (Å²) < 4.78 is 1.98. The van der Waals surface area contributed by atoms with E-state index in [4.69, 9.17) is 0 Å². The predicted octanol–water partition coefficient (Wildman–Crippen LogP) is 4.35. The van der Waals surface area contributed by atoms with Crippen molar-refractivity contribution in [2.24, 2.45) is 0 Å². The lowest BCUT2D eigenvalue weighted by molar-refractivity contribution is 0.223. The van der Waals surface area contributed by atoms with Crippen LogP contribution in [0.25, 0.3) is 0 Å².